The molecule has 0 aromatic rings. The zero-order valence-corrected chi connectivity index (χ0v) is 12.8. The third-order valence-corrected chi connectivity index (χ3v) is 5.38. The lowest BCUT2D eigenvalue weighted by Gasteiger charge is -2.44. The van der Waals surface area contributed by atoms with Gasteiger partial charge in [-0.3, -0.25) is 9.59 Å². The van der Waals surface area contributed by atoms with Crippen molar-refractivity contribution in [2.45, 2.75) is 52.1 Å². The topological polar surface area (TPSA) is 99.1 Å². The monoisotopic (exact) mass is 312 g/mol. The van der Waals surface area contributed by atoms with Crippen molar-refractivity contribution in [1.82, 2.24) is 0 Å². The van der Waals surface area contributed by atoms with Gasteiger partial charge in [-0.15, -0.1) is 0 Å². The third-order valence-electron chi connectivity index (χ3n) is 5.38. The molecule has 3 rings (SSSR count). The summed E-state index contributed by atoms with van der Waals surface area (Å²) in [5.74, 6) is -1.79. The molecular weight excluding hydrogens is 292 g/mol. The van der Waals surface area contributed by atoms with Gasteiger partial charge in [-0.25, -0.2) is 4.79 Å². The highest BCUT2D eigenvalue weighted by Crippen LogP contribution is 2.64. The van der Waals surface area contributed by atoms with Crippen LogP contribution in [-0.4, -0.2) is 42.0 Å². The summed E-state index contributed by atoms with van der Waals surface area (Å²) >= 11 is 0. The maximum absolute atomic E-state index is 12.0. The Bertz CT molecular complexity index is 522. The van der Waals surface area contributed by atoms with Gasteiger partial charge in [0.25, 0.3) is 12.8 Å². The molecule has 3 aliphatic rings. The van der Waals surface area contributed by atoms with Gasteiger partial charge >= 0.3 is 11.9 Å². The van der Waals surface area contributed by atoms with E-state index < -0.39 is 35.8 Å². The fourth-order valence-electron chi connectivity index (χ4n) is 4.65. The Morgan fingerprint density at radius 2 is 2.00 bits per heavy atom. The highest BCUT2D eigenvalue weighted by Gasteiger charge is 2.74. The number of ether oxygens (including phenoxy) is 3. The molecule has 0 amide bonds. The van der Waals surface area contributed by atoms with E-state index in [-0.39, 0.29) is 30.2 Å². The smallest absolute Gasteiger partial charge is 0.338 e. The molecule has 7 heteroatoms. The molecule has 2 heterocycles. The molecule has 0 aromatic heterocycles. The normalized spacial score (nSPS) is 43.9. The van der Waals surface area contributed by atoms with Crippen LogP contribution in [0.25, 0.3) is 0 Å². The second-order valence-electron chi connectivity index (χ2n) is 7.40. The number of carbonyl (C=O) groups is 3. The van der Waals surface area contributed by atoms with Gasteiger partial charge in [-0.1, -0.05) is 20.8 Å². The van der Waals surface area contributed by atoms with Crippen LogP contribution < -0.4 is 0 Å². The largest absolute Gasteiger partial charge is 0.462 e. The summed E-state index contributed by atoms with van der Waals surface area (Å²) in [4.78, 5) is 34.5. The summed E-state index contributed by atoms with van der Waals surface area (Å²) in [7, 11) is 0. The van der Waals surface area contributed by atoms with Crippen molar-refractivity contribution in [3.8, 4) is 0 Å². The number of aliphatic hydroxyl groups excluding tert-OH is 1. The molecule has 1 spiro atoms. The molecule has 122 valence electrons. The molecule has 2 saturated heterocycles. The Morgan fingerprint density at radius 1 is 1.32 bits per heavy atom. The first-order chi connectivity index (χ1) is 10.2. The molecular formula is C15H20O7. The number of fused-ring (bicyclic) bond motifs is 2. The van der Waals surface area contributed by atoms with E-state index in [1.165, 1.54) is 0 Å². The van der Waals surface area contributed by atoms with E-state index in [0.717, 1.165) is 0 Å². The lowest BCUT2D eigenvalue weighted by molar-refractivity contribution is -0.197. The quantitative estimate of drug-likeness (QED) is 0.581. The molecule has 0 radical (unpaired) electrons. The molecule has 0 aromatic carbocycles. The summed E-state index contributed by atoms with van der Waals surface area (Å²) in [6.07, 6.45) is -2.43. The number of carbonyl (C=O) groups excluding carboxylic acids is 3. The fraction of sp³-hybridized carbons (Fsp3) is 0.800. The molecule has 1 aliphatic carbocycles. The average Bonchev–Trinajstić information content (AvgIpc) is 2.98. The first-order valence-electron chi connectivity index (χ1n) is 7.40. The highest BCUT2D eigenvalue weighted by atomic mass is 16.7. The van der Waals surface area contributed by atoms with Crippen LogP contribution in [0.3, 0.4) is 0 Å². The number of hydrogen-bond acceptors (Lipinski definition) is 7. The van der Waals surface area contributed by atoms with Crippen LogP contribution in [0.5, 0.6) is 0 Å². The van der Waals surface area contributed by atoms with Crippen molar-refractivity contribution < 1.29 is 33.7 Å². The van der Waals surface area contributed by atoms with Crippen molar-refractivity contribution >= 4 is 18.4 Å². The molecule has 1 N–H and O–H groups in total. The standard InChI is InChI=1S/C15H20O7/c1-14(2,3)9-5-8-7(4-10(17)21-8)15(9)11(18)12(19)22-13(15)20-6-16/h6-9,11,13,18H,4-5H2,1-3H3/t7?,8?,9-,11?,13?,15+/m0/s1. The summed E-state index contributed by atoms with van der Waals surface area (Å²) in [5, 5.41) is 10.6. The first-order valence-corrected chi connectivity index (χ1v) is 7.40. The van der Waals surface area contributed by atoms with Gasteiger partial charge < -0.3 is 19.3 Å². The van der Waals surface area contributed by atoms with Crippen LogP contribution in [0.1, 0.15) is 33.6 Å². The molecule has 4 unspecified atom stereocenters. The molecule has 2 aliphatic heterocycles. The minimum Gasteiger partial charge on any atom is -0.462 e. The number of aliphatic hydroxyl groups is 1. The van der Waals surface area contributed by atoms with Crippen LogP contribution in [0.4, 0.5) is 0 Å². The summed E-state index contributed by atoms with van der Waals surface area (Å²) < 4.78 is 15.5. The number of cyclic esters (lactones) is 1. The van der Waals surface area contributed by atoms with Crippen molar-refractivity contribution in [2.24, 2.45) is 22.7 Å². The zero-order chi connectivity index (χ0) is 16.3. The van der Waals surface area contributed by atoms with Crippen LogP contribution in [0, 0.1) is 22.7 Å². The van der Waals surface area contributed by atoms with Gasteiger partial charge in [0, 0.05) is 5.92 Å². The van der Waals surface area contributed by atoms with Crippen LogP contribution in [0.2, 0.25) is 0 Å². The summed E-state index contributed by atoms with van der Waals surface area (Å²) in [6.45, 7) is 6.16. The molecule has 0 bridgehead atoms. The van der Waals surface area contributed by atoms with Gasteiger partial charge in [0.2, 0.25) is 0 Å². The molecule has 1 saturated carbocycles. The van der Waals surface area contributed by atoms with Crippen molar-refractivity contribution in [1.29, 1.82) is 0 Å². The van der Waals surface area contributed by atoms with Gasteiger partial charge in [0.1, 0.15) is 6.10 Å². The summed E-state index contributed by atoms with van der Waals surface area (Å²) in [6, 6.07) is 0. The predicted molar refractivity (Wildman–Crippen MR) is 71.0 cm³/mol. The number of rotatable bonds is 2. The Balaban J connectivity index is 2.13. The maximum Gasteiger partial charge on any atom is 0.338 e. The van der Waals surface area contributed by atoms with Gasteiger partial charge in [-0.05, 0) is 17.8 Å². The van der Waals surface area contributed by atoms with Gasteiger partial charge in [0.15, 0.2) is 6.10 Å². The average molecular weight is 312 g/mol. The van der Waals surface area contributed by atoms with Crippen LogP contribution >= 0.6 is 0 Å². The lowest BCUT2D eigenvalue weighted by atomic mass is 9.60. The van der Waals surface area contributed by atoms with Crippen LogP contribution in [0.15, 0.2) is 0 Å². The third kappa shape index (κ3) is 1.81. The van der Waals surface area contributed by atoms with E-state index in [1.807, 2.05) is 20.8 Å². The first kappa shape index (κ1) is 15.3. The minimum absolute atomic E-state index is 0.0870. The Kier molecular flexibility index (Phi) is 3.25. The Hall–Kier alpha value is -1.63. The number of hydrogen-bond donors (Lipinski definition) is 1. The predicted octanol–water partition coefficient (Wildman–Crippen LogP) is 0.387. The number of esters is 2. The molecule has 22 heavy (non-hydrogen) atoms. The van der Waals surface area contributed by atoms with E-state index >= 15 is 0 Å². The van der Waals surface area contributed by atoms with E-state index in [1.54, 1.807) is 0 Å². The van der Waals surface area contributed by atoms with Crippen molar-refractivity contribution in [3.63, 3.8) is 0 Å². The Labute approximate surface area is 127 Å². The van der Waals surface area contributed by atoms with E-state index in [0.29, 0.717) is 6.42 Å². The van der Waals surface area contributed by atoms with Gasteiger partial charge in [0.05, 0.1) is 11.8 Å². The van der Waals surface area contributed by atoms with Crippen LogP contribution in [-0.2, 0) is 28.6 Å². The fourth-order valence-corrected chi connectivity index (χ4v) is 4.65. The van der Waals surface area contributed by atoms with Gasteiger partial charge in [-0.2, -0.15) is 0 Å². The minimum atomic E-state index is -1.44. The molecule has 3 fully saturated rings. The molecule has 6 atom stereocenters. The SMILES string of the molecule is CC(C)(C)[C@@H]1CC2OC(=O)CC2[C@@]12C(OC=O)OC(=O)C2O. The second kappa shape index (κ2) is 4.68. The highest BCUT2D eigenvalue weighted by molar-refractivity contribution is 5.80. The van der Waals surface area contributed by atoms with E-state index in [2.05, 4.69) is 0 Å². The summed E-state index contributed by atoms with van der Waals surface area (Å²) in [5.41, 5.74) is -1.44. The van der Waals surface area contributed by atoms with Crippen molar-refractivity contribution in [3.05, 3.63) is 0 Å². The molecule has 7 nitrogen and oxygen atoms in total. The van der Waals surface area contributed by atoms with E-state index in [9.17, 15) is 19.5 Å². The maximum atomic E-state index is 12.0. The van der Waals surface area contributed by atoms with E-state index in [4.69, 9.17) is 14.2 Å². The Morgan fingerprint density at radius 3 is 2.59 bits per heavy atom. The zero-order valence-electron chi connectivity index (χ0n) is 12.8. The second-order valence-corrected chi connectivity index (χ2v) is 7.40. The van der Waals surface area contributed by atoms with Crippen molar-refractivity contribution in [2.75, 3.05) is 0 Å². The lowest BCUT2D eigenvalue weighted by Crippen LogP contribution is -2.52.